The van der Waals surface area contributed by atoms with Crippen molar-refractivity contribution in [3.8, 4) is 0 Å². The van der Waals surface area contributed by atoms with Crippen LogP contribution in [0.2, 0.25) is 0 Å². The predicted octanol–water partition coefficient (Wildman–Crippen LogP) is 3.29. The number of rotatable bonds is 2. The van der Waals surface area contributed by atoms with E-state index in [0.29, 0.717) is 0 Å². The quantitative estimate of drug-likeness (QED) is 0.812. The third-order valence-electron chi connectivity index (χ3n) is 3.94. The van der Waals surface area contributed by atoms with Crippen molar-refractivity contribution in [3.05, 3.63) is 35.4 Å². The lowest BCUT2D eigenvalue weighted by atomic mass is 9.85. The van der Waals surface area contributed by atoms with Crippen molar-refractivity contribution >= 4 is 5.78 Å². The number of benzene rings is 1. The van der Waals surface area contributed by atoms with Gasteiger partial charge in [0.1, 0.15) is 0 Å². The summed E-state index contributed by atoms with van der Waals surface area (Å²) in [6.45, 7) is 6.53. The largest absolute Gasteiger partial charge is 0.327 e. The van der Waals surface area contributed by atoms with E-state index < -0.39 is 0 Å². The number of hydrogen-bond donors (Lipinski definition) is 1. The van der Waals surface area contributed by atoms with Crippen LogP contribution in [0.3, 0.4) is 0 Å². The molecular weight excluding hydrogens is 222 g/mol. The molecule has 1 aliphatic carbocycles. The Hall–Kier alpha value is -1.15. The first kappa shape index (κ1) is 13.3. The van der Waals surface area contributed by atoms with E-state index in [1.807, 2.05) is 12.1 Å². The number of ketones is 1. The van der Waals surface area contributed by atoms with Gasteiger partial charge in [0.2, 0.25) is 0 Å². The lowest BCUT2D eigenvalue weighted by molar-refractivity contribution is 0.0913. The zero-order valence-electron chi connectivity index (χ0n) is 11.6. The van der Waals surface area contributed by atoms with Crippen LogP contribution >= 0.6 is 0 Å². The molecule has 2 heteroatoms. The van der Waals surface area contributed by atoms with Gasteiger partial charge in [0.25, 0.3) is 0 Å². The lowest BCUT2D eigenvalue weighted by Crippen LogP contribution is -2.30. The SMILES string of the molecule is CC(C)(C)c1ccc(C(=O)C2CCCC2N)cc1. The summed E-state index contributed by atoms with van der Waals surface area (Å²) in [6, 6.07) is 8.09. The van der Waals surface area contributed by atoms with Crippen molar-refractivity contribution < 1.29 is 4.79 Å². The van der Waals surface area contributed by atoms with Crippen molar-refractivity contribution in [2.75, 3.05) is 0 Å². The molecule has 18 heavy (non-hydrogen) atoms. The molecular formula is C16H23NO. The van der Waals surface area contributed by atoms with E-state index in [1.165, 1.54) is 5.56 Å². The Morgan fingerprint density at radius 1 is 1.17 bits per heavy atom. The second-order valence-corrected chi connectivity index (χ2v) is 6.39. The summed E-state index contributed by atoms with van der Waals surface area (Å²) in [5.41, 5.74) is 8.20. The van der Waals surface area contributed by atoms with Gasteiger partial charge < -0.3 is 5.73 Å². The van der Waals surface area contributed by atoms with Crippen LogP contribution in [0.25, 0.3) is 0 Å². The van der Waals surface area contributed by atoms with E-state index in [2.05, 4.69) is 32.9 Å². The van der Waals surface area contributed by atoms with Crippen molar-refractivity contribution in [2.45, 2.75) is 51.5 Å². The summed E-state index contributed by atoms with van der Waals surface area (Å²) < 4.78 is 0. The van der Waals surface area contributed by atoms with Crippen LogP contribution in [0.15, 0.2) is 24.3 Å². The number of Topliss-reactive ketones (excluding diaryl/α,β-unsaturated/α-hetero) is 1. The third kappa shape index (κ3) is 2.64. The average Bonchev–Trinajstić information content (AvgIpc) is 2.73. The van der Waals surface area contributed by atoms with E-state index in [1.54, 1.807) is 0 Å². The zero-order valence-corrected chi connectivity index (χ0v) is 11.6. The van der Waals surface area contributed by atoms with Crippen LogP contribution in [0, 0.1) is 5.92 Å². The van der Waals surface area contributed by atoms with E-state index in [-0.39, 0.29) is 23.2 Å². The topological polar surface area (TPSA) is 43.1 Å². The van der Waals surface area contributed by atoms with Crippen LogP contribution in [-0.4, -0.2) is 11.8 Å². The molecule has 0 bridgehead atoms. The number of carbonyl (C=O) groups is 1. The first-order chi connectivity index (χ1) is 8.39. The maximum Gasteiger partial charge on any atom is 0.167 e. The fraction of sp³-hybridized carbons (Fsp3) is 0.562. The lowest BCUT2D eigenvalue weighted by Gasteiger charge is -2.20. The predicted molar refractivity (Wildman–Crippen MR) is 74.8 cm³/mol. The Balaban J connectivity index is 2.17. The molecule has 0 aliphatic heterocycles. The fourth-order valence-corrected chi connectivity index (χ4v) is 2.66. The smallest absolute Gasteiger partial charge is 0.167 e. The highest BCUT2D eigenvalue weighted by atomic mass is 16.1. The molecule has 2 atom stereocenters. The molecule has 0 radical (unpaired) electrons. The van der Waals surface area contributed by atoms with Gasteiger partial charge in [-0.05, 0) is 23.8 Å². The molecule has 1 fully saturated rings. The number of carbonyl (C=O) groups excluding carboxylic acids is 1. The van der Waals surface area contributed by atoms with Gasteiger partial charge in [-0.15, -0.1) is 0 Å². The van der Waals surface area contributed by atoms with Crippen LogP contribution in [0.1, 0.15) is 56.0 Å². The van der Waals surface area contributed by atoms with E-state index >= 15 is 0 Å². The van der Waals surface area contributed by atoms with Crippen molar-refractivity contribution in [2.24, 2.45) is 11.7 Å². The molecule has 2 unspecified atom stereocenters. The van der Waals surface area contributed by atoms with Gasteiger partial charge in [0, 0.05) is 17.5 Å². The molecule has 2 N–H and O–H groups in total. The Labute approximate surface area is 110 Å². The van der Waals surface area contributed by atoms with Crippen molar-refractivity contribution in [1.29, 1.82) is 0 Å². The maximum absolute atomic E-state index is 12.3. The highest BCUT2D eigenvalue weighted by Crippen LogP contribution is 2.28. The molecule has 2 rings (SSSR count). The van der Waals surface area contributed by atoms with Gasteiger partial charge >= 0.3 is 0 Å². The molecule has 2 nitrogen and oxygen atoms in total. The Kier molecular flexibility index (Phi) is 3.58. The molecule has 1 aromatic carbocycles. The van der Waals surface area contributed by atoms with Gasteiger partial charge in [-0.3, -0.25) is 4.79 Å². The van der Waals surface area contributed by atoms with Crippen LogP contribution in [-0.2, 0) is 5.41 Å². The normalized spacial score (nSPS) is 24.2. The minimum Gasteiger partial charge on any atom is -0.327 e. The third-order valence-corrected chi connectivity index (χ3v) is 3.94. The van der Waals surface area contributed by atoms with E-state index in [9.17, 15) is 4.79 Å². The second kappa shape index (κ2) is 4.85. The summed E-state index contributed by atoms with van der Waals surface area (Å²) in [5, 5.41) is 0. The molecule has 0 saturated heterocycles. The number of hydrogen-bond acceptors (Lipinski definition) is 2. The maximum atomic E-state index is 12.3. The summed E-state index contributed by atoms with van der Waals surface area (Å²) in [6.07, 6.45) is 3.01. The summed E-state index contributed by atoms with van der Waals surface area (Å²) in [4.78, 5) is 12.3. The standard InChI is InChI=1S/C16H23NO/c1-16(2,3)12-9-7-11(8-10-12)15(18)13-5-4-6-14(13)17/h7-10,13-14H,4-6,17H2,1-3H3. The monoisotopic (exact) mass is 245 g/mol. The Morgan fingerprint density at radius 2 is 1.78 bits per heavy atom. The second-order valence-electron chi connectivity index (χ2n) is 6.39. The molecule has 0 aromatic heterocycles. The summed E-state index contributed by atoms with van der Waals surface area (Å²) in [5.74, 6) is 0.256. The molecule has 0 heterocycles. The summed E-state index contributed by atoms with van der Waals surface area (Å²) in [7, 11) is 0. The first-order valence-corrected chi connectivity index (χ1v) is 6.80. The molecule has 1 saturated carbocycles. The molecule has 0 amide bonds. The highest BCUT2D eigenvalue weighted by Gasteiger charge is 2.30. The zero-order chi connectivity index (χ0) is 13.3. The Morgan fingerprint density at radius 3 is 2.22 bits per heavy atom. The van der Waals surface area contributed by atoms with E-state index in [0.717, 1.165) is 24.8 Å². The summed E-state index contributed by atoms with van der Waals surface area (Å²) >= 11 is 0. The van der Waals surface area contributed by atoms with Crippen molar-refractivity contribution in [3.63, 3.8) is 0 Å². The minimum absolute atomic E-state index is 0.0329. The minimum atomic E-state index is 0.0329. The molecule has 1 aromatic rings. The van der Waals surface area contributed by atoms with Crippen LogP contribution in [0.4, 0.5) is 0 Å². The van der Waals surface area contributed by atoms with Gasteiger partial charge in [0.15, 0.2) is 5.78 Å². The average molecular weight is 245 g/mol. The molecule has 0 spiro atoms. The molecule has 98 valence electrons. The van der Waals surface area contributed by atoms with E-state index in [4.69, 9.17) is 5.73 Å². The van der Waals surface area contributed by atoms with Crippen LogP contribution in [0.5, 0.6) is 0 Å². The van der Waals surface area contributed by atoms with Gasteiger partial charge in [-0.2, -0.15) is 0 Å². The highest BCUT2D eigenvalue weighted by molar-refractivity contribution is 5.98. The van der Waals surface area contributed by atoms with Crippen molar-refractivity contribution in [1.82, 2.24) is 0 Å². The van der Waals surface area contributed by atoms with Gasteiger partial charge in [0.05, 0.1) is 0 Å². The van der Waals surface area contributed by atoms with Gasteiger partial charge in [-0.1, -0.05) is 51.5 Å². The number of nitrogens with two attached hydrogens (primary N) is 1. The molecule has 1 aliphatic rings. The van der Waals surface area contributed by atoms with Gasteiger partial charge in [-0.25, -0.2) is 0 Å². The van der Waals surface area contributed by atoms with Crippen LogP contribution < -0.4 is 5.73 Å². The first-order valence-electron chi connectivity index (χ1n) is 6.80. The Bertz CT molecular complexity index is 427. The fourth-order valence-electron chi connectivity index (χ4n) is 2.66.